The van der Waals surface area contributed by atoms with Gasteiger partial charge in [0.15, 0.2) is 0 Å². The van der Waals surface area contributed by atoms with Crippen LogP contribution in [0, 0.1) is 11.3 Å². The molecule has 0 radical (unpaired) electrons. The Labute approximate surface area is 90.9 Å². The van der Waals surface area contributed by atoms with E-state index in [9.17, 15) is 9.59 Å². The topological polar surface area (TPSA) is 54.4 Å². The van der Waals surface area contributed by atoms with Crippen molar-refractivity contribution in [2.45, 2.75) is 52.4 Å². The molecule has 1 N–H and O–H groups in total. The van der Waals surface area contributed by atoms with E-state index >= 15 is 0 Å². The fourth-order valence-electron chi connectivity index (χ4n) is 2.56. The first kappa shape index (κ1) is 12.2. The van der Waals surface area contributed by atoms with Gasteiger partial charge in [0, 0.05) is 12.3 Å². The minimum Gasteiger partial charge on any atom is -0.481 e. The number of carbonyl (C=O) groups excluding carboxylic acids is 1. The second-order valence-electron chi connectivity index (χ2n) is 4.87. The van der Waals surface area contributed by atoms with Gasteiger partial charge in [-0.1, -0.05) is 26.7 Å². The number of aliphatic carboxylic acids is 1. The van der Waals surface area contributed by atoms with Gasteiger partial charge in [-0.3, -0.25) is 9.59 Å². The van der Waals surface area contributed by atoms with Gasteiger partial charge in [0.25, 0.3) is 0 Å². The highest BCUT2D eigenvalue weighted by Gasteiger charge is 2.44. The molecule has 1 aliphatic carbocycles. The molecule has 0 spiro atoms. The Balaban J connectivity index is 2.69. The van der Waals surface area contributed by atoms with Crippen LogP contribution in [-0.2, 0) is 9.59 Å². The Morgan fingerprint density at radius 2 is 2.27 bits per heavy atom. The zero-order valence-electron chi connectivity index (χ0n) is 9.58. The minimum atomic E-state index is -0.849. The van der Waals surface area contributed by atoms with Crippen molar-refractivity contribution in [3.8, 4) is 0 Å². The van der Waals surface area contributed by atoms with Gasteiger partial charge in [0.2, 0.25) is 0 Å². The van der Waals surface area contributed by atoms with E-state index in [1.54, 1.807) is 0 Å². The van der Waals surface area contributed by atoms with E-state index in [1.165, 1.54) is 0 Å². The summed E-state index contributed by atoms with van der Waals surface area (Å²) in [4.78, 5) is 22.3. The SMILES string of the molecule is CCCCC1(C)CCC(=O)C1CC(=O)O. The Morgan fingerprint density at radius 1 is 1.60 bits per heavy atom. The van der Waals surface area contributed by atoms with Crippen LogP contribution in [0.3, 0.4) is 0 Å². The van der Waals surface area contributed by atoms with Crippen molar-refractivity contribution < 1.29 is 14.7 Å². The van der Waals surface area contributed by atoms with E-state index in [-0.39, 0.29) is 23.5 Å². The molecular formula is C12H20O3. The highest BCUT2D eigenvalue weighted by Crippen LogP contribution is 2.46. The molecule has 0 bridgehead atoms. The summed E-state index contributed by atoms with van der Waals surface area (Å²) in [6.07, 6.45) is 4.61. The molecule has 0 aromatic rings. The van der Waals surface area contributed by atoms with Crippen molar-refractivity contribution in [2.24, 2.45) is 11.3 Å². The van der Waals surface area contributed by atoms with Crippen LogP contribution in [-0.4, -0.2) is 16.9 Å². The molecule has 0 heterocycles. The first-order valence-corrected chi connectivity index (χ1v) is 5.74. The number of carboxylic acids is 1. The first-order chi connectivity index (χ1) is 6.99. The normalized spacial score (nSPS) is 30.8. The molecule has 2 atom stereocenters. The summed E-state index contributed by atoms with van der Waals surface area (Å²) >= 11 is 0. The number of ketones is 1. The number of hydrogen-bond donors (Lipinski definition) is 1. The largest absolute Gasteiger partial charge is 0.481 e. The van der Waals surface area contributed by atoms with Crippen molar-refractivity contribution in [2.75, 3.05) is 0 Å². The molecular weight excluding hydrogens is 192 g/mol. The molecule has 1 rings (SSSR count). The average molecular weight is 212 g/mol. The Morgan fingerprint density at radius 3 is 2.80 bits per heavy atom. The maximum absolute atomic E-state index is 11.6. The lowest BCUT2D eigenvalue weighted by atomic mass is 9.74. The lowest BCUT2D eigenvalue weighted by Gasteiger charge is -2.29. The van der Waals surface area contributed by atoms with Crippen LogP contribution in [0.15, 0.2) is 0 Å². The molecule has 3 nitrogen and oxygen atoms in total. The Kier molecular flexibility index (Phi) is 3.89. The van der Waals surface area contributed by atoms with Gasteiger partial charge < -0.3 is 5.11 Å². The smallest absolute Gasteiger partial charge is 0.304 e. The Hall–Kier alpha value is -0.860. The first-order valence-electron chi connectivity index (χ1n) is 5.74. The number of carboxylic acid groups (broad SMARTS) is 1. The van der Waals surface area contributed by atoms with Gasteiger partial charge >= 0.3 is 5.97 Å². The van der Waals surface area contributed by atoms with Crippen LogP contribution in [0.5, 0.6) is 0 Å². The molecule has 2 unspecified atom stereocenters. The summed E-state index contributed by atoms with van der Waals surface area (Å²) in [6.45, 7) is 4.19. The quantitative estimate of drug-likeness (QED) is 0.762. The van der Waals surface area contributed by atoms with Gasteiger partial charge in [0.1, 0.15) is 5.78 Å². The fourth-order valence-corrected chi connectivity index (χ4v) is 2.56. The molecule has 3 heteroatoms. The standard InChI is InChI=1S/C12H20O3/c1-3-4-6-12(2)7-5-10(13)9(12)8-11(14)15/h9H,3-8H2,1-2H3,(H,14,15). The highest BCUT2D eigenvalue weighted by atomic mass is 16.4. The third-order valence-electron chi connectivity index (χ3n) is 3.65. The lowest BCUT2D eigenvalue weighted by Crippen LogP contribution is -2.27. The van der Waals surface area contributed by atoms with E-state index in [1.807, 2.05) is 0 Å². The summed E-state index contributed by atoms with van der Waals surface area (Å²) in [7, 11) is 0. The maximum Gasteiger partial charge on any atom is 0.304 e. The van der Waals surface area contributed by atoms with Crippen LogP contribution in [0.4, 0.5) is 0 Å². The van der Waals surface area contributed by atoms with Gasteiger partial charge in [-0.2, -0.15) is 0 Å². The van der Waals surface area contributed by atoms with E-state index in [0.717, 1.165) is 25.7 Å². The van der Waals surface area contributed by atoms with Gasteiger partial charge in [-0.25, -0.2) is 0 Å². The van der Waals surface area contributed by atoms with E-state index in [0.29, 0.717) is 6.42 Å². The summed E-state index contributed by atoms with van der Waals surface area (Å²) in [6, 6.07) is 0. The highest BCUT2D eigenvalue weighted by molar-refractivity contribution is 5.87. The van der Waals surface area contributed by atoms with Crippen LogP contribution in [0.1, 0.15) is 52.4 Å². The molecule has 86 valence electrons. The van der Waals surface area contributed by atoms with Crippen molar-refractivity contribution in [3.05, 3.63) is 0 Å². The minimum absolute atomic E-state index is 0.0129. The monoisotopic (exact) mass is 212 g/mol. The fraction of sp³-hybridized carbons (Fsp3) is 0.833. The summed E-state index contributed by atoms with van der Waals surface area (Å²) in [5, 5.41) is 8.80. The second kappa shape index (κ2) is 4.77. The number of Topliss-reactive ketones (excluding diaryl/α,β-unsaturated/α-hetero) is 1. The van der Waals surface area contributed by atoms with Crippen molar-refractivity contribution in [1.29, 1.82) is 0 Å². The summed E-state index contributed by atoms with van der Waals surface area (Å²) in [5.41, 5.74) is -0.0640. The predicted octanol–water partition coefficient (Wildman–Crippen LogP) is 2.64. The number of carbonyl (C=O) groups is 2. The molecule has 1 fully saturated rings. The molecule has 0 aliphatic heterocycles. The zero-order valence-corrected chi connectivity index (χ0v) is 9.58. The molecule has 0 amide bonds. The van der Waals surface area contributed by atoms with Crippen molar-refractivity contribution in [3.63, 3.8) is 0 Å². The molecule has 0 aromatic carbocycles. The van der Waals surface area contributed by atoms with Crippen LogP contribution in [0.2, 0.25) is 0 Å². The zero-order chi connectivity index (χ0) is 11.5. The van der Waals surface area contributed by atoms with E-state index in [4.69, 9.17) is 5.11 Å². The van der Waals surface area contributed by atoms with Crippen molar-refractivity contribution in [1.82, 2.24) is 0 Å². The molecule has 15 heavy (non-hydrogen) atoms. The van der Waals surface area contributed by atoms with Gasteiger partial charge in [0.05, 0.1) is 6.42 Å². The van der Waals surface area contributed by atoms with Crippen LogP contribution in [0.25, 0.3) is 0 Å². The molecule has 1 saturated carbocycles. The Bertz CT molecular complexity index is 260. The third kappa shape index (κ3) is 2.80. The van der Waals surface area contributed by atoms with Gasteiger partial charge in [-0.15, -0.1) is 0 Å². The maximum atomic E-state index is 11.6. The number of unbranched alkanes of at least 4 members (excludes halogenated alkanes) is 1. The number of hydrogen-bond acceptors (Lipinski definition) is 2. The molecule has 0 saturated heterocycles. The van der Waals surface area contributed by atoms with Crippen molar-refractivity contribution >= 4 is 11.8 Å². The van der Waals surface area contributed by atoms with Crippen LogP contribution >= 0.6 is 0 Å². The predicted molar refractivity (Wildman–Crippen MR) is 57.6 cm³/mol. The van der Waals surface area contributed by atoms with E-state index < -0.39 is 5.97 Å². The lowest BCUT2D eigenvalue weighted by molar-refractivity contribution is -0.141. The summed E-state index contributed by atoms with van der Waals surface area (Å²) < 4.78 is 0. The van der Waals surface area contributed by atoms with E-state index in [2.05, 4.69) is 13.8 Å². The third-order valence-corrected chi connectivity index (χ3v) is 3.65. The van der Waals surface area contributed by atoms with Crippen LogP contribution < -0.4 is 0 Å². The second-order valence-corrected chi connectivity index (χ2v) is 4.87. The average Bonchev–Trinajstić information content (AvgIpc) is 2.43. The molecule has 1 aliphatic rings. The summed E-state index contributed by atoms with van der Waals surface area (Å²) in [5.74, 6) is -0.949. The van der Waals surface area contributed by atoms with Gasteiger partial charge in [-0.05, 0) is 18.3 Å². The number of rotatable bonds is 5. The molecule has 0 aromatic heterocycles.